The number of carbonyl (C=O) groups excluding carboxylic acids is 1. The number of halogens is 5. The van der Waals surface area contributed by atoms with Gasteiger partial charge in [0.15, 0.2) is 23.1 Å². The van der Waals surface area contributed by atoms with Gasteiger partial charge in [-0.1, -0.05) is 28.1 Å². The quantitative estimate of drug-likeness (QED) is 0.250. The normalized spacial score (nSPS) is 10.9. The Labute approximate surface area is 192 Å². The molecule has 0 aliphatic rings. The summed E-state index contributed by atoms with van der Waals surface area (Å²) in [5.74, 6) is -8.44. The lowest BCUT2D eigenvalue weighted by molar-refractivity contribution is 0.0992. The highest BCUT2D eigenvalue weighted by molar-refractivity contribution is 9.10. The Kier molecular flexibility index (Phi) is 6.50. The van der Waals surface area contributed by atoms with Gasteiger partial charge in [0, 0.05) is 16.7 Å². The van der Waals surface area contributed by atoms with Crippen molar-refractivity contribution in [3.05, 3.63) is 99.7 Å². The number of anilines is 1. The van der Waals surface area contributed by atoms with Crippen molar-refractivity contribution in [1.82, 2.24) is 9.78 Å². The van der Waals surface area contributed by atoms with Gasteiger partial charge < -0.3 is 14.5 Å². The zero-order valence-electron chi connectivity index (χ0n) is 16.6. The molecule has 4 rings (SSSR count). The summed E-state index contributed by atoms with van der Waals surface area (Å²) in [6, 6.07) is 10.4. The van der Waals surface area contributed by atoms with Gasteiger partial charge in [-0.05, 0) is 29.8 Å². The predicted molar refractivity (Wildman–Crippen MR) is 113 cm³/mol. The molecule has 6 nitrogen and oxygen atoms in total. The lowest BCUT2D eigenvalue weighted by atomic mass is 10.2. The van der Waals surface area contributed by atoms with Gasteiger partial charge in [-0.2, -0.15) is 13.9 Å². The van der Waals surface area contributed by atoms with Crippen LogP contribution in [-0.2, 0) is 13.2 Å². The number of ether oxygens (including phenoxy) is 1. The van der Waals surface area contributed by atoms with E-state index in [-0.39, 0.29) is 17.6 Å². The van der Waals surface area contributed by atoms with Crippen LogP contribution in [0, 0.1) is 23.3 Å². The maximum absolute atomic E-state index is 13.7. The van der Waals surface area contributed by atoms with Gasteiger partial charge >= 0.3 is 0 Å². The van der Waals surface area contributed by atoms with Gasteiger partial charge in [0.25, 0.3) is 5.91 Å². The van der Waals surface area contributed by atoms with Crippen LogP contribution in [0.2, 0.25) is 0 Å². The molecule has 0 radical (unpaired) electrons. The van der Waals surface area contributed by atoms with E-state index in [0.717, 1.165) is 10.0 Å². The van der Waals surface area contributed by atoms with Crippen molar-refractivity contribution >= 4 is 27.5 Å². The fraction of sp³-hybridized carbons (Fsp3) is 0.0909. The number of nitrogens with one attached hydrogen (secondary N) is 1. The molecule has 0 atom stereocenters. The molecule has 0 unspecified atom stereocenters. The summed E-state index contributed by atoms with van der Waals surface area (Å²) in [7, 11) is 0. The molecule has 0 fully saturated rings. The molecule has 11 heteroatoms. The van der Waals surface area contributed by atoms with Crippen LogP contribution in [0.1, 0.15) is 21.9 Å². The minimum atomic E-state index is -1.67. The highest BCUT2D eigenvalue weighted by Gasteiger charge is 2.21. The number of aromatic nitrogens is 2. The van der Waals surface area contributed by atoms with Gasteiger partial charge in [0.05, 0.1) is 18.4 Å². The zero-order chi connectivity index (χ0) is 23.5. The second-order valence-corrected chi connectivity index (χ2v) is 7.77. The summed E-state index contributed by atoms with van der Waals surface area (Å²) in [4.78, 5) is 12.4. The molecule has 33 heavy (non-hydrogen) atoms. The first-order valence-corrected chi connectivity index (χ1v) is 10.2. The summed E-state index contributed by atoms with van der Waals surface area (Å²) >= 11 is 3.37. The number of carbonyl (C=O) groups is 1. The van der Waals surface area contributed by atoms with Crippen LogP contribution in [0.5, 0.6) is 5.75 Å². The summed E-state index contributed by atoms with van der Waals surface area (Å²) in [5, 5.41) is 6.80. The summed E-state index contributed by atoms with van der Waals surface area (Å²) in [6.07, 6.45) is 3.10. The molecule has 0 saturated carbocycles. The zero-order valence-corrected chi connectivity index (χ0v) is 18.2. The van der Waals surface area contributed by atoms with Crippen LogP contribution in [0.15, 0.2) is 63.7 Å². The molecule has 4 aromatic rings. The van der Waals surface area contributed by atoms with E-state index in [1.54, 1.807) is 10.9 Å². The van der Waals surface area contributed by atoms with Gasteiger partial charge in [-0.25, -0.2) is 8.78 Å². The van der Waals surface area contributed by atoms with Crippen LogP contribution in [-0.4, -0.2) is 15.7 Å². The van der Waals surface area contributed by atoms with Crippen molar-refractivity contribution in [2.24, 2.45) is 0 Å². The lowest BCUT2D eigenvalue weighted by Gasteiger charge is -2.08. The van der Waals surface area contributed by atoms with Crippen LogP contribution >= 0.6 is 15.9 Å². The third kappa shape index (κ3) is 5.25. The van der Waals surface area contributed by atoms with E-state index >= 15 is 0 Å². The molecule has 0 spiro atoms. The molecule has 2 aromatic heterocycles. The third-order valence-corrected chi connectivity index (χ3v) is 4.99. The summed E-state index contributed by atoms with van der Waals surface area (Å²) < 4.78 is 66.6. The van der Waals surface area contributed by atoms with Crippen molar-refractivity contribution in [3.63, 3.8) is 0 Å². The largest absolute Gasteiger partial charge is 0.479 e. The van der Waals surface area contributed by atoms with Crippen molar-refractivity contribution < 1.29 is 31.5 Å². The SMILES string of the molecule is O=C(Nc1cnn(Cc2ccc(Br)cc2)c1)c1ccc(COc2c(F)c(F)cc(F)c2F)o1. The summed E-state index contributed by atoms with van der Waals surface area (Å²) in [6.45, 7) is -0.0612. The third-order valence-electron chi connectivity index (χ3n) is 4.46. The van der Waals surface area contributed by atoms with Crippen LogP contribution in [0.3, 0.4) is 0 Å². The van der Waals surface area contributed by atoms with E-state index < -0.39 is 41.5 Å². The second kappa shape index (κ2) is 9.49. The molecular formula is C22H14BrF4N3O3. The number of rotatable bonds is 7. The minimum absolute atomic E-state index is 0.00885. The number of nitrogens with zero attached hydrogens (tertiary/aromatic N) is 2. The topological polar surface area (TPSA) is 69.3 Å². The standard InChI is InChI=1S/C22H14BrF4N3O3/c23-13-3-1-12(2-4-13)9-30-10-14(8-28-30)29-22(31)18-6-5-15(33-18)11-32-21-19(26)16(24)7-17(25)20(21)27/h1-8,10H,9,11H2,(H,29,31). The molecule has 2 aromatic carbocycles. The van der Waals surface area contributed by atoms with Crippen LogP contribution in [0.4, 0.5) is 23.2 Å². The van der Waals surface area contributed by atoms with E-state index in [0.29, 0.717) is 12.2 Å². The molecule has 2 heterocycles. The number of amides is 1. The molecule has 170 valence electrons. The second-order valence-electron chi connectivity index (χ2n) is 6.86. The van der Waals surface area contributed by atoms with E-state index in [1.807, 2.05) is 24.3 Å². The van der Waals surface area contributed by atoms with E-state index in [9.17, 15) is 22.4 Å². The molecule has 1 N–H and O–H groups in total. The Morgan fingerprint density at radius 2 is 1.76 bits per heavy atom. The number of hydrogen-bond donors (Lipinski definition) is 1. The van der Waals surface area contributed by atoms with E-state index in [1.165, 1.54) is 18.3 Å². The Bertz CT molecular complexity index is 1280. The minimum Gasteiger partial charge on any atom is -0.479 e. The van der Waals surface area contributed by atoms with E-state index in [4.69, 9.17) is 9.15 Å². The van der Waals surface area contributed by atoms with Crippen molar-refractivity contribution in [1.29, 1.82) is 0 Å². The molecule has 0 aliphatic carbocycles. The number of furan rings is 1. The number of benzene rings is 2. The van der Waals surface area contributed by atoms with Crippen LogP contribution < -0.4 is 10.1 Å². The Morgan fingerprint density at radius 1 is 1.06 bits per heavy atom. The van der Waals surface area contributed by atoms with Gasteiger partial charge in [-0.15, -0.1) is 0 Å². The molecular weight excluding hydrogens is 510 g/mol. The maximum Gasteiger partial charge on any atom is 0.291 e. The van der Waals surface area contributed by atoms with Gasteiger partial charge in [0.2, 0.25) is 11.6 Å². The monoisotopic (exact) mass is 523 g/mol. The first kappa shape index (κ1) is 22.6. The average molecular weight is 524 g/mol. The highest BCUT2D eigenvalue weighted by Crippen LogP contribution is 2.27. The Hall–Kier alpha value is -3.60. The predicted octanol–water partition coefficient (Wildman–Crippen LogP) is 5.67. The van der Waals surface area contributed by atoms with Crippen molar-refractivity contribution in [2.75, 3.05) is 5.32 Å². The molecule has 1 amide bonds. The first-order chi connectivity index (χ1) is 15.8. The molecule has 0 bridgehead atoms. The summed E-state index contributed by atoms with van der Waals surface area (Å²) in [5.41, 5.74) is 1.44. The fourth-order valence-corrected chi connectivity index (χ4v) is 3.15. The Morgan fingerprint density at radius 3 is 2.45 bits per heavy atom. The lowest BCUT2D eigenvalue weighted by Crippen LogP contribution is -2.10. The van der Waals surface area contributed by atoms with Crippen molar-refractivity contribution in [3.8, 4) is 5.75 Å². The fourth-order valence-electron chi connectivity index (χ4n) is 2.88. The highest BCUT2D eigenvalue weighted by atomic mass is 79.9. The molecule has 0 aliphatic heterocycles. The van der Waals surface area contributed by atoms with Crippen LogP contribution in [0.25, 0.3) is 0 Å². The van der Waals surface area contributed by atoms with E-state index in [2.05, 4.69) is 26.3 Å². The average Bonchev–Trinajstić information content (AvgIpc) is 3.44. The van der Waals surface area contributed by atoms with Gasteiger partial charge in [-0.3, -0.25) is 9.48 Å². The number of hydrogen-bond acceptors (Lipinski definition) is 4. The first-order valence-electron chi connectivity index (χ1n) is 9.43. The smallest absolute Gasteiger partial charge is 0.291 e. The van der Waals surface area contributed by atoms with Crippen molar-refractivity contribution in [2.45, 2.75) is 13.2 Å². The molecule has 0 saturated heterocycles. The van der Waals surface area contributed by atoms with Gasteiger partial charge in [0.1, 0.15) is 12.4 Å². The maximum atomic E-state index is 13.7. The Balaban J connectivity index is 1.37.